The Hall–Kier alpha value is -2.89. The Balaban J connectivity index is 1.87. The molecule has 3 rings (SSSR count). The van der Waals surface area contributed by atoms with E-state index in [4.69, 9.17) is 16.3 Å². The van der Waals surface area contributed by atoms with Crippen LogP contribution in [-0.2, 0) is 9.53 Å². The van der Waals surface area contributed by atoms with Crippen molar-refractivity contribution in [3.8, 4) is 11.1 Å². The molecule has 0 atom stereocenters. The fourth-order valence-corrected chi connectivity index (χ4v) is 3.79. The molecule has 0 bridgehead atoms. The molecule has 1 amide bonds. The number of carbonyl (C=O) groups excluding carboxylic acids is 2. The lowest BCUT2D eigenvalue weighted by Gasteiger charge is -2.07. The summed E-state index contributed by atoms with van der Waals surface area (Å²) in [5, 5.41) is 5.60. The van der Waals surface area contributed by atoms with E-state index in [1.54, 1.807) is 12.1 Å². The fourth-order valence-electron chi connectivity index (χ4n) is 2.63. The molecule has 0 radical (unpaired) electrons. The summed E-state index contributed by atoms with van der Waals surface area (Å²) in [6, 6.07) is 15.0. The third-order valence-corrected chi connectivity index (χ3v) is 5.34. The first-order valence-corrected chi connectivity index (χ1v) is 9.76. The Morgan fingerprint density at radius 3 is 2.50 bits per heavy atom. The van der Waals surface area contributed by atoms with E-state index in [1.807, 2.05) is 54.8 Å². The van der Waals surface area contributed by atoms with E-state index in [-0.39, 0.29) is 5.91 Å². The number of methoxy groups -OCH3 is 1. The van der Waals surface area contributed by atoms with Gasteiger partial charge in [-0.25, -0.2) is 4.79 Å². The van der Waals surface area contributed by atoms with Gasteiger partial charge < -0.3 is 10.1 Å². The number of hydrogen-bond donors (Lipinski definition) is 1. The van der Waals surface area contributed by atoms with Gasteiger partial charge in [-0.05, 0) is 30.2 Å². The van der Waals surface area contributed by atoms with Crippen LogP contribution < -0.4 is 5.32 Å². The Morgan fingerprint density at radius 1 is 1.11 bits per heavy atom. The minimum Gasteiger partial charge on any atom is -0.465 e. The van der Waals surface area contributed by atoms with E-state index in [0.29, 0.717) is 15.6 Å². The summed E-state index contributed by atoms with van der Waals surface area (Å²) < 4.78 is 4.93. The molecule has 1 heterocycles. The minimum atomic E-state index is -0.498. The van der Waals surface area contributed by atoms with Crippen molar-refractivity contribution in [3.05, 3.63) is 81.7 Å². The highest BCUT2D eigenvalue weighted by atomic mass is 35.5. The molecule has 142 valence electrons. The van der Waals surface area contributed by atoms with Gasteiger partial charge in [0, 0.05) is 22.0 Å². The summed E-state index contributed by atoms with van der Waals surface area (Å²) >= 11 is 7.37. The minimum absolute atomic E-state index is 0.343. The molecular formula is C22H18ClNO3S. The number of nitrogens with one attached hydrogen (secondary N) is 1. The van der Waals surface area contributed by atoms with Gasteiger partial charge in [-0.3, -0.25) is 4.79 Å². The maximum Gasteiger partial charge on any atom is 0.341 e. The van der Waals surface area contributed by atoms with Crippen LogP contribution in [0.5, 0.6) is 0 Å². The van der Waals surface area contributed by atoms with Crippen molar-refractivity contribution < 1.29 is 14.3 Å². The Morgan fingerprint density at radius 2 is 1.82 bits per heavy atom. The second kappa shape index (κ2) is 8.87. The van der Waals surface area contributed by atoms with Crippen LogP contribution in [0.3, 0.4) is 0 Å². The molecule has 1 N–H and O–H groups in total. The summed E-state index contributed by atoms with van der Waals surface area (Å²) in [6.45, 7) is 2.00. The van der Waals surface area contributed by atoms with Crippen molar-refractivity contribution in [1.29, 1.82) is 0 Å². The van der Waals surface area contributed by atoms with E-state index in [2.05, 4.69) is 5.32 Å². The molecule has 0 aliphatic heterocycles. The first kappa shape index (κ1) is 19.9. The zero-order valence-electron chi connectivity index (χ0n) is 15.4. The number of hydrogen-bond acceptors (Lipinski definition) is 4. The number of anilines is 1. The quantitative estimate of drug-likeness (QED) is 0.425. The Labute approximate surface area is 172 Å². The average Bonchev–Trinajstić information content (AvgIpc) is 3.10. The predicted octanol–water partition coefficient (Wildman–Crippen LogP) is 5.82. The van der Waals surface area contributed by atoms with Gasteiger partial charge in [0.25, 0.3) is 0 Å². The smallest absolute Gasteiger partial charge is 0.341 e. The lowest BCUT2D eigenvalue weighted by molar-refractivity contribution is -0.111. The lowest BCUT2D eigenvalue weighted by Crippen LogP contribution is -2.11. The molecule has 0 spiro atoms. The van der Waals surface area contributed by atoms with E-state index in [1.165, 1.54) is 24.5 Å². The van der Waals surface area contributed by atoms with E-state index < -0.39 is 5.97 Å². The molecule has 6 heteroatoms. The van der Waals surface area contributed by atoms with Crippen LogP contribution in [0, 0.1) is 6.92 Å². The molecule has 4 nitrogen and oxygen atoms in total. The third-order valence-electron chi connectivity index (χ3n) is 4.10. The number of thiophene rings is 1. The molecule has 0 aliphatic carbocycles. The largest absolute Gasteiger partial charge is 0.465 e. The standard InChI is InChI=1S/C22H18ClNO3S/c1-14-7-9-15(10-8-14)17-13-28-21(20(17)22(26)27-2)24-19(25)12-11-16-5-3-4-6-18(16)23/h3-13H,1-2H3,(H,24,25)/b12-11+. The third kappa shape index (κ3) is 4.50. The van der Waals surface area contributed by atoms with Gasteiger partial charge in [0.2, 0.25) is 5.91 Å². The highest BCUT2D eigenvalue weighted by Gasteiger charge is 2.21. The summed E-state index contributed by atoms with van der Waals surface area (Å²) in [5.74, 6) is -0.857. The molecular weight excluding hydrogens is 394 g/mol. The van der Waals surface area contributed by atoms with Crippen LogP contribution in [0.2, 0.25) is 5.02 Å². The molecule has 1 aromatic heterocycles. The monoisotopic (exact) mass is 411 g/mol. The number of benzene rings is 2. The first-order valence-electron chi connectivity index (χ1n) is 8.50. The summed E-state index contributed by atoms with van der Waals surface area (Å²) in [7, 11) is 1.32. The fraction of sp³-hybridized carbons (Fsp3) is 0.0909. The van der Waals surface area contributed by atoms with E-state index >= 15 is 0 Å². The van der Waals surface area contributed by atoms with Crippen molar-refractivity contribution in [1.82, 2.24) is 0 Å². The van der Waals surface area contributed by atoms with Crippen LogP contribution >= 0.6 is 22.9 Å². The molecule has 2 aromatic carbocycles. The number of rotatable bonds is 5. The average molecular weight is 412 g/mol. The number of carbonyl (C=O) groups is 2. The van der Waals surface area contributed by atoms with Crippen molar-refractivity contribution in [2.24, 2.45) is 0 Å². The topological polar surface area (TPSA) is 55.4 Å². The second-order valence-electron chi connectivity index (χ2n) is 6.06. The number of amides is 1. The SMILES string of the molecule is COC(=O)c1c(-c2ccc(C)cc2)csc1NC(=O)/C=C/c1ccccc1Cl. The molecule has 0 saturated carbocycles. The first-order chi connectivity index (χ1) is 13.5. The zero-order valence-corrected chi connectivity index (χ0v) is 16.9. The van der Waals surface area contributed by atoms with Crippen LogP contribution in [0.1, 0.15) is 21.5 Å². The number of halogens is 1. The summed E-state index contributed by atoms with van der Waals surface area (Å²) in [5.41, 5.74) is 3.81. The number of ether oxygens (including phenoxy) is 1. The Kier molecular flexibility index (Phi) is 6.29. The highest BCUT2D eigenvalue weighted by Crippen LogP contribution is 2.36. The van der Waals surface area contributed by atoms with Crippen LogP contribution in [0.4, 0.5) is 5.00 Å². The zero-order chi connectivity index (χ0) is 20.1. The second-order valence-corrected chi connectivity index (χ2v) is 7.34. The molecule has 28 heavy (non-hydrogen) atoms. The van der Waals surface area contributed by atoms with Gasteiger partial charge >= 0.3 is 5.97 Å². The van der Waals surface area contributed by atoms with Gasteiger partial charge in [0.15, 0.2) is 0 Å². The van der Waals surface area contributed by atoms with Gasteiger partial charge in [-0.2, -0.15) is 0 Å². The normalized spacial score (nSPS) is 10.8. The van der Waals surface area contributed by atoms with Crippen molar-refractivity contribution in [2.75, 3.05) is 12.4 Å². The van der Waals surface area contributed by atoms with Gasteiger partial charge in [-0.15, -0.1) is 11.3 Å². The lowest BCUT2D eigenvalue weighted by atomic mass is 10.0. The van der Waals surface area contributed by atoms with Crippen LogP contribution in [-0.4, -0.2) is 19.0 Å². The summed E-state index contributed by atoms with van der Waals surface area (Å²) in [6.07, 6.45) is 3.01. The molecule has 0 unspecified atom stereocenters. The number of esters is 1. The van der Waals surface area contributed by atoms with E-state index in [0.717, 1.165) is 22.3 Å². The molecule has 3 aromatic rings. The van der Waals surface area contributed by atoms with E-state index in [9.17, 15) is 9.59 Å². The van der Waals surface area contributed by atoms with Gasteiger partial charge in [-0.1, -0.05) is 59.6 Å². The maximum atomic E-state index is 12.4. The summed E-state index contributed by atoms with van der Waals surface area (Å²) in [4.78, 5) is 24.7. The van der Waals surface area contributed by atoms with Crippen LogP contribution in [0.15, 0.2) is 60.0 Å². The van der Waals surface area contributed by atoms with Gasteiger partial charge in [0.05, 0.1) is 7.11 Å². The van der Waals surface area contributed by atoms with Crippen molar-refractivity contribution >= 4 is 45.9 Å². The Bertz CT molecular complexity index is 1040. The molecule has 0 saturated heterocycles. The van der Waals surface area contributed by atoms with Crippen molar-refractivity contribution in [3.63, 3.8) is 0 Å². The van der Waals surface area contributed by atoms with Crippen LogP contribution in [0.25, 0.3) is 17.2 Å². The van der Waals surface area contributed by atoms with Gasteiger partial charge in [0.1, 0.15) is 10.6 Å². The highest BCUT2D eigenvalue weighted by molar-refractivity contribution is 7.15. The maximum absolute atomic E-state index is 12.4. The molecule has 0 fully saturated rings. The predicted molar refractivity (Wildman–Crippen MR) is 115 cm³/mol. The van der Waals surface area contributed by atoms with Crippen molar-refractivity contribution in [2.45, 2.75) is 6.92 Å². The number of aryl methyl sites for hydroxylation is 1. The molecule has 0 aliphatic rings.